The average molecular weight is 752 g/mol. The fourth-order valence-electron chi connectivity index (χ4n) is 6.39. The van der Waals surface area contributed by atoms with Crippen LogP contribution in [0.2, 0.25) is 5.02 Å². The molecule has 0 aromatic heterocycles. The Labute approximate surface area is 303 Å². The molecule has 2 fully saturated rings. The lowest BCUT2D eigenvalue weighted by atomic mass is 9.95. The smallest absolute Gasteiger partial charge is 0.416 e. The molecule has 3 aromatic rings. The summed E-state index contributed by atoms with van der Waals surface area (Å²) >= 11 is 6.12. The van der Waals surface area contributed by atoms with Crippen molar-refractivity contribution in [2.75, 3.05) is 50.7 Å². The predicted molar refractivity (Wildman–Crippen MR) is 192 cm³/mol. The Hall–Kier alpha value is -2.44. The number of fused-ring (bicyclic) bond motifs is 1. The molecule has 3 aliphatic heterocycles. The third-order valence-electron chi connectivity index (χ3n) is 8.95. The number of hydrogen-bond donors (Lipinski definition) is 3. The summed E-state index contributed by atoms with van der Waals surface area (Å²) in [6.07, 6.45) is -2.37. The van der Waals surface area contributed by atoms with Gasteiger partial charge in [0.25, 0.3) is 0 Å². The molecule has 14 heteroatoms. The highest BCUT2D eigenvalue weighted by Gasteiger charge is 2.34. The van der Waals surface area contributed by atoms with Crippen LogP contribution >= 0.6 is 48.8 Å². The zero-order valence-electron chi connectivity index (χ0n) is 26.3. The topological polar surface area (TPSA) is 68.9 Å². The molecule has 3 heterocycles. The molecule has 3 aromatic carbocycles. The minimum Gasteiger partial charge on any atom is -0.487 e. The maximum atomic E-state index is 14.0. The Morgan fingerprint density at radius 1 is 0.979 bits per heavy atom. The molecule has 6 rings (SSSR count). The van der Waals surface area contributed by atoms with Crippen molar-refractivity contribution in [2.45, 2.75) is 50.2 Å². The summed E-state index contributed by atoms with van der Waals surface area (Å²) in [6, 6.07) is 19.3. The first-order chi connectivity index (χ1) is 21.7. The predicted octanol–water partition coefficient (Wildman–Crippen LogP) is 5.93. The lowest BCUT2D eigenvalue weighted by Gasteiger charge is -2.39. The third kappa shape index (κ3) is 10.1. The molecule has 2 saturated heterocycles. The molecule has 3 N–H and O–H groups in total. The molecule has 264 valence electrons. The highest BCUT2D eigenvalue weighted by molar-refractivity contribution is 6.30. The second-order valence-corrected chi connectivity index (χ2v) is 12.5. The minimum absolute atomic E-state index is 0. The first kappa shape index (κ1) is 40.0. The van der Waals surface area contributed by atoms with Crippen molar-refractivity contribution in [3.8, 4) is 5.75 Å². The molecular weight excluding hydrogens is 709 g/mol. The fourth-order valence-corrected chi connectivity index (χ4v) is 6.52. The Kier molecular flexibility index (Phi) is 15.0. The average Bonchev–Trinajstić information content (AvgIpc) is 3.56. The Morgan fingerprint density at radius 2 is 1.69 bits per heavy atom. The molecule has 3 aliphatic rings. The Balaban J connectivity index is 0.00000208. The van der Waals surface area contributed by atoms with Crippen LogP contribution in [0, 0.1) is 0 Å². The standard InChI is InChI=1S/C34H39ClF3N5O2.3ClH/c35-27-8-5-23(6-9-27)17-30(41-21-28-18-24-3-1-2-4-25(24)20-40-28)33(44)43-15-13-42(14-16-43)31-19-26(34(36,37)38)7-10-32(31)45-29-11-12-39-22-29;;;/h1-10,19,28-30,39-41H,11-18,20-22H2;3*1H/t28?,29-,30?;;;/m0.../s1. The number of anilines is 1. The van der Waals surface area contributed by atoms with E-state index in [0.29, 0.717) is 62.1 Å². The number of alkyl halides is 3. The van der Waals surface area contributed by atoms with Crippen LogP contribution in [0.25, 0.3) is 0 Å². The van der Waals surface area contributed by atoms with Crippen molar-refractivity contribution in [2.24, 2.45) is 0 Å². The Bertz CT molecular complexity index is 1470. The van der Waals surface area contributed by atoms with Gasteiger partial charge in [0.15, 0.2) is 0 Å². The molecule has 48 heavy (non-hydrogen) atoms. The van der Waals surface area contributed by atoms with Crippen LogP contribution in [-0.2, 0) is 30.4 Å². The summed E-state index contributed by atoms with van der Waals surface area (Å²) in [4.78, 5) is 17.7. The molecule has 7 nitrogen and oxygen atoms in total. The van der Waals surface area contributed by atoms with Crippen molar-refractivity contribution < 1.29 is 22.7 Å². The summed E-state index contributed by atoms with van der Waals surface area (Å²) in [5.74, 6) is 0.429. The van der Waals surface area contributed by atoms with Gasteiger partial charge in [0.2, 0.25) is 5.91 Å². The quantitative estimate of drug-likeness (QED) is 0.252. The normalized spacial score (nSPS) is 19.7. The first-order valence-electron chi connectivity index (χ1n) is 15.6. The van der Waals surface area contributed by atoms with Gasteiger partial charge in [-0.2, -0.15) is 13.2 Å². The van der Waals surface area contributed by atoms with Gasteiger partial charge in [-0.05, 0) is 72.8 Å². The fraction of sp³-hybridized carbons (Fsp3) is 0.441. The van der Waals surface area contributed by atoms with Crippen molar-refractivity contribution in [3.05, 3.63) is 94.0 Å². The number of ether oxygens (including phenoxy) is 1. The zero-order chi connectivity index (χ0) is 31.4. The van der Waals surface area contributed by atoms with Gasteiger partial charge in [-0.1, -0.05) is 48.0 Å². The lowest BCUT2D eigenvalue weighted by Crippen LogP contribution is -2.56. The van der Waals surface area contributed by atoms with Crippen LogP contribution < -0.4 is 25.6 Å². The van der Waals surface area contributed by atoms with Gasteiger partial charge in [0, 0.05) is 56.9 Å². The van der Waals surface area contributed by atoms with Crippen LogP contribution in [0.3, 0.4) is 0 Å². The van der Waals surface area contributed by atoms with Crippen molar-refractivity contribution in [1.29, 1.82) is 0 Å². The monoisotopic (exact) mass is 749 g/mol. The SMILES string of the molecule is Cl.Cl.Cl.O=C(C(Cc1ccc(Cl)cc1)NCC1Cc2ccccc2CN1)N1CCN(c2cc(C(F)(F)F)ccc2O[C@H]2CCNC2)CC1. The molecule has 0 aliphatic carbocycles. The molecule has 1 amide bonds. The van der Waals surface area contributed by atoms with Crippen LogP contribution in [0.4, 0.5) is 18.9 Å². The number of carbonyl (C=O) groups excluding carboxylic acids is 1. The molecule has 3 atom stereocenters. The molecule has 0 saturated carbocycles. The van der Waals surface area contributed by atoms with Gasteiger partial charge in [-0.15, -0.1) is 37.2 Å². The van der Waals surface area contributed by atoms with Crippen molar-refractivity contribution in [1.82, 2.24) is 20.9 Å². The van der Waals surface area contributed by atoms with E-state index >= 15 is 0 Å². The molecule has 2 unspecified atom stereocenters. The number of rotatable bonds is 9. The number of carbonyl (C=O) groups is 1. The summed E-state index contributed by atoms with van der Waals surface area (Å²) in [5, 5.41) is 11.0. The number of benzene rings is 3. The van der Waals surface area contributed by atoms with E-state index in [1.165, 1.54) is 23.3 Å². The summed E-state index contributed by atoms with van der Waals surface area (Å²) in [5.41, 5.74) is 3.33. The van der Waals surface area contributed by atoms with Gasteiger partial charge in [-0.3, -0.25) is 4.79 Å². The van der Waals surface area contributed by atoms with E-state index in [1.54, 1.807) is 0 Å². The van der Waals surface area contributed by atoms with Crippen LogP contribution in [0.1, 0.15) is 28.7 Å². The molecule has 0 spiro atoms. The van der Waals surface area contributed by atoms with Gasteiger partial charge in [0.05, 0.1) is 17.3 Å². The van der Waals surface area contributed by atoms with Gasteiger partial charge in [-0.25, -0.2) is 0 Å². The highest BCUT2D eigenvalue weighted by Crippen LogP contribution is 2.38. The third-order valence-corrected chi connectivity index (χ3v) is 9.21. The van der Waals surface area contributed by atoms with E-state index in [1.807, 2.05) is 40.1 Å². The van der Waals surface area contributed by atoms with Crippen molar-refractivity contribution >= 4 is 60.4 Å². The van der Waals surface area contributed by atoms with Crippen LogP contribution in [0.5, 0.6) is 5.75 Å². The number of halogens is 7. The summed E-state index contributed by atoms with van der Waals surface area (Å²) in [6.45, 7) is 4.49. The van der Waals surface area contributed by atoms with Crippen LogP contribution in [-0.4, -0.2) is 74.8 Å². The lowest BCUT2D eigenvalue weighted by molar-refractivity contribution is -0.137. The maximum Gasteiger partial charge on any atom is 0.416 e. The number of piperazine rings is 1. The minimum atomic E-state index is -4.46. The van der Waals surface area contributed by atoms with E-state index in [9.17, 15) is 18.0 Å². The summed E-state index contributed by atoms with van der Waals surface area (Å²) in [7, 11) is 0. The van der Waals surface area contributed by atoms with Gasteiger partial charge >= 0.3 is 6.18 Å². The zero-order valence-corrected chi connectivity index (χ0v) is 29.5. The first-order valence-corrected chi connectivity index (χ1v) is 16.0. The summed E-state index contributed by atoms with van der Waals surface area (Å²) < 4.78 is 47.2. The van der Waals surface area contributed by atoms with Crippen molar-refractivity contribution in [3.63, 3.8) is 0 Å². The second kappa shape index (κ2) is 18.0. The highest BCUT2D eigenvalue weighted by atomic mass is 35.5. The maximum absolute atomic E-state index is 14.0. The van der Waals surface area contributed by atoms with Gasteiger partial charge in [0.1, 0.15) is 11.9 Å². The van der Waals surface area contributed by atoms with E-state index in [0.717, 1.165) is 37.6 Å². The molecular formula is C34H42Cl4F3N5O2. The number of hydrogen-bond acceptors (Lipinski definition) is 6. The Morgan fingerprint density at radius 3 is 2.35 bits per heavy atom. The number of amides is 1. The van der Waals surface area contributed by atoms with Gasteiger partial charge < -0.3 is 30.5 Å². The number of nitrogens with zero attached hydrogens (tertiary/aromatic N) is 2. The largest absolute Gasteiger partial charge is 0.487 e. The van der Waals surface area contributed by atoms with Crippen LogP contribution in [0.15, 0.2) is 66.7 Å². The van der Waals surface area contributed by atoms with E-state index in [2.05, 4.69) is 34.1 Å². The molecule has 0 radical (unpaired) electrons. The van der Waals surface area contributed by atoms with E-state index in [4.69, 9.17) is 16.3 Å². The molecule has 0 bridgehead atoms. The number of nitrogens with one attached hydrogen (secondary N) is 3. The van der Waals surface area contributed by atoms with E-state index in [-0.39, 0.29) is 55.3 Å². The van der Waals surface area contributed by atoms with E-state index < -0.39 is 17.8 Å². The second-order valence-electron chi connectivity index (χ2n) is 12.1.